The first kappa shape index (κ1) is 16.1. The van der Waals surface area contributed by atoms with Crippen LogP contribution in [0.25, 0.3) is 32.3 Å². The number of fused-ring (bicyclic) bond motifs is 5. The van der Waals surface area contributed by atoms with E-state index in [-0.39, 0.29) is 0 Å². The van der Waals surface area contributed by atoms with Crippen LogP contribution in [0.15, 0.2) is 66.7 Å². The molecule has 126 valence electrons. The molecule has 0 atom stereocenters. The van der Waals surface area contributed by atoms with Crippen LogP contribution in [0.4, 0.5) is 0 Å². The smallest absolute Gasteiger partial charge is 0.00990 e. The Morgan fingerprint density at radius 3 is 2.08 bits per heavy atom. The molecule has 0 bridgehead atoms. The Bertz CT molecular complexity index is 1010. The van der Waals surface area contributed by atoms with Gasteiger partial charge in [-0.25, -0.2) is 0 Å². The molecule has 4 aromatic rings. The summed E-state index contributed by atoms with van der Waals surface area (Å²) in [5, 5.41) is 8.13. The molecule has 0 saturated heterocycles. The fourth-order valence-electron chi connectivity index (χ4n) is 3.97. The van der Waals surface area contributed by atoms with Crippen LogP contribution in [0.3, 0.4) is 0 Å². The highest BCUT2D eigenvalue weighted by Gasteiger charge is 2.05. The zero-order chi connectivity index (χ0) is 17.1. The van der Waals surface area contributed by atoms with Gasteiger partial charge in [0.1, 0.15) is 0 Å². The molecule has 25 heavy (non-hydrogen) atoms. The summed E-state index contributed by atoms with van der Waals surface area (Å²) >= 11 is 0. The van der Waals surface area contributed by atoms with Crippen molar-refractivity contribution >= 4 is 32.3 Å². The van der Waals surface area contributed by atoms with Gasteiger partial charge in [-0.1, -0.05) is 99.3 Å². The van der Waals surface area contributed by atoms with Crippen molar-refractivity contribution in [3.05, 3.63) is 72.3 Å². The van der Waals surface area contributed by atoms with Crippen molar-refractivity contribution in [1.82, 2.24) is 0 Å². The lowest BCUT2D eigenvalue weighted by molar-refractivity contribution is 0.632. The van der Waals surface area contributed by atoms with E-state index >= 15 is 0 Å². The van der Waals surface area contributed by atoms with E-state index in [0.717, 1.165) is 0 Å². The quantitative estimate of drug-likeness (QED) is 0.252. The normalized spacial score (nSPS) is 11.6. The van der Waals surface area contributed by atoms with Gasteiger partial charge < -0.3 is 0 Å². The highest BCUT2D eigenvalue weighted by molar-refractivity contribution is 6.17. The topological polar surface area (TPSA) is 0 Å². The Balaban J connectivity index is 1.67. The Morgan fingerprint density at radius 2 is 1.24 bits per heavy atom. The number of hydrogen-bond donors (Lipinski definition) is 0. The number of unbranched alkanes of at least 4 members (excludes halogenated alkanes) is 4. The number of hydrogen-bond acceptors (Lipinski definition) is 0. The molecule has 0 amide bonds. The minimum Gasteiger partial charge on any atom is -0.0654 e. The van der Waals surface area contributed by atoms with E-state index in [9.17, 15) is 0 Å². The Morgan fingerprint density at radius 1 is 0.560 bits per heavy atom. The predicted octanol–water partition coefficient (Wildman–Crippen LogP) is 7.66. The average molecular weight is 326 g/mol. The minimum atomic E-state index is 1.20. The van der Waals surface area contributed by atoms with Crippen LogP contribution in [0.1, 0.15) is 44.6 Å². The van der Waals surface area contributed by atoms with Gasteiger partial charge in [-0.3, -0.25) is 0 Å². The van der Waals surface area contributed by atoms with Gasteiger partial charge in [0.25, 0.3) is 0 Å². The molecule has 0 nitrogen and oxygen atoms in total. The SMILES string of the molecule is CCCCCCCc1ccc2c(ccc3c4ccccc4ccc23)c1. The molecule has 4 aromatic carbocycles. The third kappa shape index (κ3) is 3.26. The molecule has 0 aromatic heterocycles. The second kappa shape index (κ2) is 7.27. The molecule has 0 aliphatic rings. The molecule has 0 spiro atoms. The van der Waals surface area contributed by atoms with Crippen molar-refractivity contribution in [2.45, 2.75) is 45.4 Å². The molecule has 0 aliphatic carbocycles. The van der Waals surface area contributed by atoms with E-state index in [2.05, 4.69) is 73.7 Å². The molecular weight excluding hydrogens is 300 g/mol. The molecule has 0 aliphatic heterocycles. The average Bonchev–Trinajstić information content (AvgIpc) is 2.67. The van der Waals surface area contributed by atoms with E-state index in [1.807, 2.05) is 0 Å². The van der Waals surface area contributed by atoms with Gasteiger partial charge in [0.2, 0.25) is 0 Å². The van der Waals surface area contributed by atoms with E-state index in [4.69, 9.17) is 0 Å². The summed E-state index contributed by atoms with van der Waals surface area (Å²) in [4.78, 5) is 0. The van der Waals surface area contributed by atoms with Gasteiger partial charge in [0.15, 0.2) is 0 Å². The van der Waals surface area contributed by atoms with Crippen molar-refractivity contribution in [3.8, 4) is 0 Å². The molecule has 0 N–H and O–H groups in total. The summed E-state index contributed by atoms with van der Waals surface area (Å²) in [5.41, 5.74) is 1.48. The van der Waals surface area contributed by atoms with Gasteiger partial charge in [0.05, 0.1) is 0 Å². The van der Waals surface area contributed by atoms with Gasteiger partial charge in [-0.2, -0.15) is 0 Å². The fourth-order valence-corrected chi connectivity index (χ4v) is 3.97. The molecule has 0 fully saturated rings. The van der Waals surface area contributed by atoms with Crippen LogP contribution in [0, 0.1) is 0 Å². The lowest BCUT2D eigenvalue weighted by Crippen LogP contribution is -1.87. The van der Waals surface area contributed by atoms with Crippen LogP contribution in [0.5, 0.6) is 0 Å². The standard InChI is InChI=1S/C25H26/c1-2-3-4-5-6-9-19-12-15-23-21(18-19)14-17-24-22-11-8-7-10-20(22)13-16-25(23)24/h7-8,10-18H,2-6,9H2,1H3. The summed E-state index contributed by atoms with van der Waals surface area (Å²) in [6, 6.07) is 24.8. The van der Waals surface area contributed by atoms with Gasteiger partial charge in [0, 0.05) is 0 Å². The molecule has 0 heteroatoms. The third-order valence-corrected chi connectivity index (χ3v) is 5.38. The summed E-state index contributed by atoms with van der Waals surface area (Å²) in [7, 11) is 0. The molecule has 0 unspecified atom stereocenters. The van der Waals surface area contributed by atoms with E-state index in [1.54, 1.807) is 0 Å². The third-order valence-electron chi connectivity index (χ3n) is 5.38. The fraction of sp³-hybridized carbons (Fsp3) is 0.280. The first-order chi connectivity index (χ1) is 12.4. The molecule has 0 radical (unpaired) electrons. The summed E-state index contributed by atoms with van der Waals surface area (Å²) in [6.45, 7) is 2.27. The number of aryl methyl sites for hydroxylation is 1. The van der Waals surface area contributed by atoms with Crippen molar-refractivity contribution < 1.29 is 0 Å². The molecule has 0 heterocycles. The lowest BCUT2D eigenvalue weighted by Gasteiger charge is -2.09. The number of benzene rings is 4. The van der Waals surface area contributed by atoms with Gasteiger partial charge in [-0.15, -0.1) is 0 Å². The largest absolute Gasteiger partial charge is 0.0654 e. The van der Waals surface area contributed by atoms with Gasteiger partial charge >= 0.3 is 0 Å². The van der Waals surface area contributed by atoms with Crippen LogP contribution in [-0.2, 0) is 6.42 Å². The molecular formula is C25H26. The van der Waals surface area contributed by atoms with E-state index in [1.165, 1.54) is 76.4 Å². The number of rotatable bonds is 6. The second-order valence-corrected chi connectivity index (χ2v) is 7.17. The molecule has 0 saturated carbocycles. The van der Waals surface area contributed by atoms with Crippen molar-refractivity contribution in [3.63, 3.8) is 0 Å². The summed E-state index contributed by atoms with van der Waals surface area (Å²) < 4.78 is 0. The van der Waals surface area contributed by atoms with Gasteiger partial charge in [-0.05, 0) is 50.7 Å². The highest BCUT2D eigenvalue weighted by atomic mass is 14.1. The van der Waals surface area contributed by atoms with Crippen LogP contribution < -0.4 is 0 Å². The highest BCUT2D eigenvalue weighted by Crippen LogP contribution is 2.31. The summed E-state index contributed by atoms with van der Waals surface area (Å²) in [5.74, 6) is 0. The Labute approximate surface area is 150 Å². The van der Waals surface area contributed by atoms with Crippen molar-refractivity contribution in [2.75, 3.05) is 0 Å². The van der Waals surface area contributed by atoms with E-state index < -0.39 is 0 Å². The van der Waals surface area contributed by atoms with Crippen LogP contribution in [0.2, 0.25) is 0 Å². The maximum absolute atomic E-state index is 2.39. The minimum absolute atomic E-state index is 1.20. The maximum atomic E-state index is 2.39. The second-order valence-electron chi connectivity index (χ2n) is 7.17. The first-order valence-electron chi connectivity index (χ1n) is 9.70. The monoisotopic (exact) mass is 326 g/mol. The Hall–Kier alpha value is -2.34. The van der Waals surface area contributed by atoms with Crippen molar-refractivity contribution in [2.24, 2.45) is 0 Å². The zero-order valence-electron chi connectivity index (χ0n) is 15.1. The Kier molecular flexibility index (Phi) is 4.70. The molecule has 4 rings (SSSR count). The van der Waals surface area contributed by atoms with Crippen LogP contribution in [-0.4, -0.2) is 0 Å². The van der Waals surface area contributed by atoms with E-state index in [0.29, 0.717) is 0 Å². The van der Waals surface area contributed by atoms with Crippen LogP contribution >= 0.6 is 0 Å². The first-order valence-corrected chi connectivity index (χ1v) is 9.70. The zero-order valence-corrected chi connectivity index (χ0v) is 15.1. The summed E-state index contributed by atoms with van der Waals surface area (Å²) in [6.07, 6.45) is 7.94. The lowest BCUT2D eigenvalue weighted by atomic mass is 9.95. The maximum Gasteiger partial charge on any atom is -0.00990 e. The predicted molar refractivity (Wildman–Crippen MR) is 111 cm³/mol. The van der Waals surface area contributed by atoms with Crippen molar-refractivity contribution in [1.29, 1.82) is 0 Å².